The Morgan fingerprint density at radius 2 is 0.481 bits per heavy atom. The number of hydrogen-bond donors (Lipinski definition) is 0. The van der Waals surface area contributed by atoms with Gasteiger partial charge in [0.05, 0.1) is 0 Å². The highest BCUT2D eigenvalue weighted by Crippen LogP contribution is 2.17. The molecule has 468 valence electrons. The van der Waals surface area contributed by atoms with Gasteiger partial charge in [-0.15, -0.1) is 0 Å². The van der Waals surface area contributed by atoms with Crippen molar-refractivity contribution in [1.29, 1.82) is 0 Å². The van der Waals surface area contributed by atoms with E-state index in [0.29, 0.717) is 19.3 Å². The number of esters is 3. The second-order valence-electron chi connectivity index (χ2n) is 23.4. The Morgan fingerprint density at radius 3 is 0.790 bits per heavy atom. The van der Waals surface area contributed by atoms with Crippen molar-refractivity contribution in [3.8, 4) is 0 Å². The molecule has 0 heterocycles. The van der Waals surface area contributed by atoms with Crippen molar-refractivity contribution >= 4 is 17.9 Å². The van der Waals surface area contributed by atoms with Crippen molar-refractivity contribution in [3.05, 3.63) is 85.1 Å². The molecule has 0 amide bonds. The van der Waals surface area contributed by atoms with E-state index in [1.165, 1.54) is 212 Å². The Kier molecular flexibility index (Phi) is 66.2. The zero-order chi connectivity index (χ0) is 58.5. The number of hydrogen-bond acceptors (Lipinski definition) is 6. The summed E-state index contributed by atoms with van der Waals surface area (Å²) in [6.07, 6.45) is 91.7. The quantitative estimate of drug-likeness (QED) is 0.0261. The van der Waals surface area contributed by atoms with Crippen LogP contribution < -0.4 is 0 Å². The van der Waals surface area contributed by atoms with Crippen LogP contribution in [0.15, 0.2) is 85.1 Å². The minimum absolute atomic E-state index is 0.0795. The maximum absolute atomic E-state index is 13.0. The summed E-state index contributed by atoms with van der Waals surface area (Å²) in [4.78, 5) is 38.4. The van der Waals surface area contributed by atoms with E-state index in [1.54, 1.807) is 0 Å². The fourth-order valence-electron chi connectivity index (χ4n) is 10.1. The normalized spacial score (nSPS) is 12.6. The third-order valence-electron chi connectivity index (χ3n) is 15.4. The van der Waals surface area contributed by atoms with Crippen LogP contribution in [0, 0.1) is 0 Å². The van der Waals surface area contributed by atoms with Crippen molar-refractivity contribution < 1.29 is 28.6 Å². The van der Waals surface area contributed by atoms with Crippen LogP contribution in [-0.2, 0) is 28.6 Å². The predicted octanol–water partition coefficient (Wildman–Crippen LogP) is 24.2. The highest BCUT2D eigenvalue weighted by molar-refractivity contribution is 5.71. The highest BCUT2D eigenvalue weighted by atomic mass is 16.6. The molecular formula is C75H132O6. The maximum Gasteiger partial charge on any atom is 0.306 e. The van der Waals surface area contributed by atoms with Gasteiger partial charge in [-0.25, -0.2) is 0 Å². The third kappa shape index (κ3) is 67.3. The first-order valence-corrected chi connectivity index (χ1v) is 35.1. The number of allylic oxidation sites excluding steroid dienone is 14. The van der Waals surface area contributed by atoms with Crippen molar-refractivity contribution in [2.75, 3.05) is 13.2 Å². The smallest absolute Gasteiger partial charge is 0.306 e. The second-order valence-corrected chi connectivity index (χ2v) is 23.4. The van der Waals surface area contributed by atoms with Crippen molar-refractivity contribution in [1.82, 2.24) is 0 Å². The standard InChI is InChI=1S/C75H132O6/c1-4-7-10-13-16-19-22-25-28-30-32-34-35-36-37-38-39-41-42-44-47-50-53-56-59-62-65-68-74(77)80-71-72(70-79-73(76)67-64-61-58-55-52-49-46-27-24-21-18-15-12-9-6-3)81-75(78)69-66-63-60-57-54-51-48-45-43-40-33-31-29-26-23-20-17-14-11-8-5-2/h7,10,16,18-19,21,25,27-28,31-34,46,72H,4-6,8-9,11-15,17,20,22-24,26,29-30,35-45,47-71H2,1-3H3/b10-7-,19-16-,21-18-,28-25-,33-31-,34-32-,46-27-. The van der Waals surface area contributed by atoms with Crippen molar-refractivity contribution in [3.63, 3.8) is 0 Å². The van der Waals surface area contributed by atoms with E-state index in [2.05, 4.69) is 106 Å². The van der Waals surface area contributed by atoms with Crippen LogP contribution in [0.5, 0.6) is 0 Å². The number of ether oxygens (including phenoxy) is 3. The van der Waals surface area contributed by atoms with E-state index in [4.69, 9.17) is 14.2 Å². The van der Waals surface area contributed by atoms with Crippen LogP contribution >= 0.6 is 0 Å². The third-order valence-corrected chi connectivity index (χ3v) is 15.4. The number of carbonyl (C=O) groups is 3. The minimum atomic E-state index is -0.785. The number of unbranched alkanes of at least 4 members (excludes halogenated alkanes) is 39. The molecule has 0 aromatic carbocycles. The van der Waals surface area contributed by atoms with Crippen molar-refractivity contribution in [2.45, 2.75) is 361 Å². The van der Waals surface area contributed by atoms with E-state index >= 15 is 0 Å². The molecule has 0 rings (SSSR count). The van der Waals surface area contributed by atoms with Gasteiger partial charge >= 0.3 is 17.9 Å². The molecular weight excluding hydrogens is 997 g/mol. The largest absolute Gasteiger partial charge is 0.462 e. The number of carbonyl (C=O) groups excluding carboxylic acids is 3. The molecule has 0 saturated carbocycles. The molecule has 0 aliphatic carbocycles. The van der Waals surface area contributed by atoms with Gasteiger partial charge in [0, 0.05) is 19.3 Å². The summed E-state index contributed by atoms with van der Waals surface area (Å²) in [5.74, 6) is -0.878. The van der Waals surface area contributed by atoms with E-state index in [1.807, 2.05) is 0 Å². The van der Waals surface area contributed by atoms with Gasteiger partial charge in [-0.2, -0.15) is 0 Å². The predicted molar refractivity (Wildman–Crippen MR) is 353 cm³/mol. The zero-order valence-electron chi connectivity index (χ0n) is 53.8. The summed E-state index contributed by atoms with van der Waals surface area (Å²) < 4.78 is 17.0. The molecule has 0 saturated heterocycles. The van der Waals surface area contributed by atoms with Crippen LogP contribution in [0.1, 0.15) is 355 Å². The van der Waals surface area contributed by atoms with Gasteiger partial charge in [-0.05, 0) is 116 Å². The first kappa shape index (κ1) is 77.6. The molecule has 0 fully saturated rings. The van der Waals surface area contributed by atoms with Gasteiger partial charge in [0.25, 0.3) is 0 Å². The first-order valence-electron chi connectivity index (χ1n) is 35.1. The monoisotopic (exact) mass is 1130 g/mol. The SMILES string of the molecule is CC/C=C\C/C=C\C/C=C\C/C=C\CCCCCCCCCCCCCCCCC(=O)OCC(COC(=O)CCCCCCC/C=C\C/C=C\CCCCC)OC(=O)CCCCCCCCCCC/C=C\CCCCCCCCCC. The lowest BCUT2D eigenvalue weighted by molar-refractivity contribution is -0.167. The Balaban J connectivity index is 4.30. The summed E-state index contributed by atoms with van der Waals surface area (Å²) in [6.45, 7) is 6.54. The Hall–Kier alpha value is -3.41. The summed E-state index contributed by atoms with van der Waals surface area (Å²) in [5.41, 5.74) is 0. The molecule has 6 nitrogen and oxygen atoms in total. The lowest BCUT2D eigenvalue weighted by Crippen LogP contribution is -2.30. The molecule has 0 aliphatic heterocycles. The van der Waals surface area contributed by atoms with E-state index in [-0.39, 0.29) is 31.1 Å². The van der Waals surface area contributed by atoms with Crippen LogP contribution in [0.2, 0.25) is 0 Å². The fourth-order valence-corrected chi connectivity index (χ4v) is 10.1. The topological polar surface area (TPSA) is 78.9 Å². The first-order chi connectivity index (χ1) is 40.0. The summed E-state index contributed by atoms with van der Waals surface area (Å²) in [5, 5.41) is 0. The average Bonchev–Trinajstić information content (AvgIpc) is 3.47. The van der Waals surface area contributed by atoms with Gasteiger partial charge in [-0.1, -0.05) is 305 Å². The zero-order valence-corrected chi connectivity index (χ0v) is 53.8. The Bertz CT molecular complexity index is 1530. The summed E-state index contributed by atoms with van der Waals surface area (Å²) in [7, 11) is 0. The summed E-state index contributed by atoms with van der Waals surface area (Å²) >= 11 is 0. The van der Waals surface area contributed by atoms with Crippen LogP contribution in [0.25, 0.3) is 0 Å². The van der Waals surface area contributed by atoms with Gasteiger partial charge in [0.15, 0.2) is 6.10 Å². The van der Waals surface area contributed by atoms with Crippen molar-refractivity contribution in [2.24, 2.45) is 0 Å². The molecule has 0 spiro atoms. The number of rotatable bonds is 64. The van der Waals surface area contributed by atoms with Gasteiger partial charge in [0.2, 0.25) is 0 Å². The Morgan fingerprint density at radius 1 is 0.259 bits per heavy atom. The van der Waals surface area contributed by atoms with E-state index < -0.39 is 6.10 Å². The molecule has 0 bridgehead atoms. The van der Waals surface area contributed by atoms with E-state index in [0.717, 1.165) is 103 Å². The molecule has 1 unspecified atom stereocenters. The molecule has 0 aromatic heterocycles. The van der Waals surface area contributed by atoms with Gasteiger partial charge in [0.1, 0.15) is 13.2 Å². The fraction of sp³-hybridized carbons (Fsp3) is 0.773. The molecule has 0 N–H and O–H groups in total. The molecule has 1 atom stereocenters. The highest BCUT2D eigenvalue weighted by Gasteiger charge is 2.19. The molecule has 81 heavy (non-hydrogen) atoms. The summed E-state index contributed by atoms with van der Waals surface area (Å²) in [6, 6.07) is 0. The van der Waals surface area contributed by atoms with Gasteiger partial charge < -0.3 is 14.2 Å². The molecule has 0 radical (unpaired) electrons. The van der Waals surface area contributed by atoms with E-state index in [9.17, 15) is 14.4 Å². The second kappa shape index (κ2) is 69.1. The molecule has 0 aliphatic rings. The lowest BCUT2D eigenvalue weighted by Gasteiger charge is -2.18. The van der Waals surface area contributed by atoms with Crippen LogP contribution in [-0.4, -0.2) is 37.2 Å². The van der Waals surface area contributed by atoms with Gasteiger partial charge in [-0.3, -0.25) is 14.4 Å². The van der Waals surface area contributed by atoms with Crippen LogP contribution in [0.3, 0.4) is 0 Å². The minimum Gasteiger partial charge on any atom is -0.462 e. The average molecular weight is 1130 g/mol. The lowest BCUT2D eigenvalue weighted by atomic mass is 10.0. The molecule has 0 aromatic rings. The Labute approximate surface area is 503 Å². The molecule has 6 heteroatoms. The van der Waals surface area contributed by atoms with Crippen LogP contribution in [0.4, 0.5) is 0 Å². The maximum atomic E-state index is 13.0.